The summed E-state index contributed by atoms with van der Waals surface area (Å²) < 4.78 is 41.7. The molecule has 338 valence electrons. The van der Waals surface area contributed by atoms with Crippen LogP contribution in [0.5, 0.6) is 17.2 Å². The molecule has 5 fully saturated rings. The summed E-state index contributed by atoms with van der Waals surface area (Å²) in [5.41, 5.74) is -0.157. The Balaban J connectivity index is 1.35. The fourth-order valence-corrected chi connectivity index (χ4v) is 11.4. The fraction of sp³-hybridized carbons (Fsp3) is 0.596. The Labute approximate surface area is 366 Å². The average Bonchev–Trinajstić information content (AvgIpc) is 3.77. The molecule has 6 heterocycles. The fourth-order valence-electron chi connectivity index (χ4n) is 11.4. The molecule has 8 aliphatic rings. The number of carbonyl (C=O) groups excluding carboxylic acids is 2. The summed E-state index contributed by atoms with van der Waals surface area (Å²) in [5.74, 6) is -1.18. The molecule has 16 heteroatoms. The van der Waals surface area contributed by atoms with Gasteiger partial charge in [0.1, 0.15) is 53.6 Å². The predicted octanol–water partition coefficient (Wildman–Crippen LogP) is 4.57. The number of esters is 1. The maximum atomic E-state index is 15.5. The molecule has 3 aliphatic carbocycles. The lowest BCUT2D eigenvalue weighted by Gasteiger charge is -2.64. The van der Waals surface area contributed by atoms with Crippen LogP contribution in [0.2, 0.25) is 0 Å². The number of Topliss-reactive ketones (excluding diaryl/α,β-unsaturated/α-hetero) is 1. The summed E-state index contributed by atoms with van der Waals surface area (Å²) in [6, 6.07) is -0.606. The van der Waals surface area contributed by atoms with Crippen LogP contribution in [0.1, 0.15) is 104 Å². The molecule has 1 aromatic carbocycles. The third-order valence-corrected chi connectivity index (χ3v) is 14.4. The highest BCUT2D eigenvalue weighted by Crippen LogP contribution is 2.73. The molecule has 1 spiro atoms. The van der Waals surface area contributed by atoms with Gasteiger partial charge in [-0.3, -0.25) is 4.79 Å². The summed E-state index contributed by atoms with van der Waals surface area (Å²) >= 11 is 0. The molecule has 10 rings (SSSR count). The van der Waals surface area contributed by atoms with E-state index in [1.54, 1.807) is 17.7 Å². The van der Waals surface area contributed by atoms with Crippen molar-refractivity contribution in [1.29, 1.82) is 0 Å². The number of carbonyl (C=O) groups is 2. The molecule has 63 heavy (non-hydrogen) atoms. The lowest BCUT2D eigenvalue weighted by molar-refractivity contribution is -0.277. The number of aliphatic hydroxyl groups is 4. The third-order valence-electron chi connectivity index (χ3n) is 14.4. The molecule has 0 radical (unpaired) electrons. The molecule has 5 aliphatic heterocycles. The van der Waals surface area contributed by atoms with E-state index in [0.29, 0.717) is 58.7 Å². The number of ketones is 1. The molecule has 3 saturated carbocycles. The van der Waals surface area contributed by atoms with Gasteiger partial charge in [-0.15, -0.1) is 0 Å². The van der Waals surface area contributed by atoms with Gasteiger partial charge in [0.25, 0.3) is 0 Å². The molecule has 4 N–H and O–H groups in total. The minimum atomic E-state index is -1.75. The molecular formula is C47H58N4O12. The first kappa shape index (κ1) is 43.5. The van der Waals surface area contributed by atoms with Crippen molar-refractivity contribution in [2.75, 3.05) is 13.7 Å². The Hall–Kier alpha value is -4.71. The Bertz CT molecular complexity index is 2410. The molecule has 1 aromatic heterocycles. The molecule has 16 nitrogen and oxygen atoms in total. The predicted molar refractivity (Wildman–Crippen MR) is 228 cm³/mol. The lowest BCUT2D eigenvalue weighted by atomic mass is 9.44. The Morgan fingerprint density at radius 1 is 1.00 bits per heavy atom. The highest BCUT2D eigenvalue weighted by molar-refractivity contribution is 6.14. The number of rotatable bonds is 11. The lowest BCUT2D eigenvalue weighted by Crippen LogP contribution is -2.79. The van der Waals surface area contributed by atoms with Crippen LogP contribution in [-0.2, 0) is 30.2 Å². The number of aliphatic hydroxyl groups excluding tert-OH is 4. The summed E-state index contributed by atoms with van der Waals surface area (Å²) in [5, 5.41) is 48.0. The van der Waals surface area contributed by atoms with E-state index in [2.05, 4.69) is 22.2 Å². The van der Waals surface area contributed by atoms with Gasteiger partial charge in [0.05, 0.1) is 48.1 Å². The van der Waals surface area contributed by atoms with Gasteiger partial charge in [0, 0.05) is 29.4 Å². The highest BCUT2D eigenvalue weighted by Gasteiger charge is 2.86. The van der Waals surface area contributed by atoms with Gasteiger partial charge in [-0.25, -0.2) is 14.5 Å². The number of hydrogen-bond donors (Lipinski definition) is 4. The maximum Gasteiger partial charge on any atom is 0.333 e. The van der Waals surface area contributed by atoms with E-state index in [9.17, 15) is 25.2 Å². The van der Waals surface area contributed by atoms with E-state index in [1.165, 1.54) is 19.0 Å². The maximum absolute atomic E-state index is 15.5. The van der Waals surface area contributed by atoms with Gasteiger partial charge < -0.3 is 48.8 Å². The summed E-state index contributed by atoms with van der Waals surface area (Å²) in [6.45, 7) is 15.0. The summed E-state index contributed by atoms with van der Waals surface area (Å²) in [7, 11) is 1.31. The van der Waals surface area contributed by atoms with E-state index in [-0.39, 0.29) is 29.8 Å². The van der Waals surface area contributed by atoms with E-state index in [4.69, 9.17) is 33.4 Å². The van der Waals surface area contributed by atoms with Crippen LogP contribution in [0.15, 0.2) is 52.3 Å². The number of aromatic nitrogens is 3. The molecular weight excluding hydrogens is 813 g/mol. The van der Waals surface area contributed by atoms with Crippen LogP contribution in [0.3, 0.4) is 0 Å². The number of methoxy groups -OCH3 is 1. The smallest absolute Gasteiger partial charge is 0.333 e. The Morgan fingerprint density at radius 3 is 2.44 bits per heavy atom. The van der Waals surface area contributed by atoms with Crippen LogP contribution >= 0.6 is 0 Å². The Morgan fingerprint density at radius 2 is 1.75 bits per heavy atom. The quantitative estimate of drug-likeness (QED) is 0.138. The summed E-state index contributed by atoms with van der Waals surface area (Å²) in [4.78, 5) is 38.2. The second-order valence-electron chi connectivity index (χ2n) is 19.4. The van der Waals surface area contributed by atoms with Crippen molar-refractivity contribution in [3.05, 3.63) is 64.0 Å². The topological polar surface area (TPSA) is 214 Å². The second kappa shape index (κ2) is 15.2. The van der Waals surface area contributed by atoms with Gasteiger partial charge >= 0.3 is 5.97 Å². The number of nitrogens with zero attached hydrogens (tertiary/aromatic N) is 4. The van der Waals surface area contributed by atoms with Crippen molar-refractivity contribution >= 4 is 29.5 Å². The molecule has 12 atom stereocenters. The molecule has 2 aromatic rings. The van der Waals surface area contributed by atoms with E-state index >= 15 is 4.79 Å². The number of fused-ring (bicyclic) bond motifs is 4. The first-order chi connectivity index (χ1) is 29.8. The zero-order valence-corrected chi connectivity index (χ0v) is 37.2. The number of ether oxygens (including phenoxy) is 6. The van der Waals surface area contributed by atoms with Crippen LogP contribution in [0, 0.1) is 17.8 Å². The molecule has 4 bridgehead atoms. The first-order valence-corrected chi connectivity index (χ1v) is 21.8. The van der Waals surface area contributed by atoms with E-state index in [1.807, 2.05) is 60.6 Å². The SMILES string of the molecule is COC(=O)C(C)=CCC12OC(C)(C)C3CC(C1=O)C1C4C(=Nc5ncnn51)c1c(O[C@@H]5O[C@H](CO)[C@@H](O)[C@H](O)[C@H]5O)c5c(c(CC=C(C)C)c1OC432)OC(C)(CCC=C(C)C)C=C5. The van der Waals surface area contributed by atoms with E-state index in [0.717, 1.165) is 12.0 Å². The van der Waals surface area contributed by atoms with Crippen LogP contribution in [0.4, 0.5) is 5.95 Å². The van der Waals surface area contributed by atoms with Crippen LogP contribution in [-0.4, -0.2) is 119 Å². The van der Waals surface area contributed by atoms with Gasteiger partial charge in [-0.05, 0) is 93.2 Å². The van der Waals surface area contributed by atoms with Crippen molar-refractivity contribution in [2.45, 2.75) is 147 Å². The minimum absolute atomic E-state index is 0.00336. The van der Waals surface area contributed by atoms with Gasteiger partial charge in [-0.1, -0.05) is 29.4 Å². The zero-order chi connectivity index (χ0) is 45.1. The first-order valence-electron chi connectivity index (χ1n) is 21.8. The van der Waals surface area contributed by atoms with Crippen molar-refractivity contribution in [2.24, 2.45) is 22.7 Å². The van der Waals surface area contributed by atoms with Crippen molar-refractivity contribution < 1.29 is 58.4 Å². The molecule has 7 unspecified atom stereocenters. The normalized spacial score (nSPS) is 36.1. The zero-order valence-electron chi connectivity index (χ0n) is 37.2. The third kappa shape index (κ3) is 6.33. The number of hydrogen-bond acceptors (Lipinski definition) is 15. The minimum Gasteiger partial charge on any atom is -0.482 e. The standard InChI is InChI=1S/C47H58N4O12/c1-22(2)11-10-16-45(8)17-15-26-37(61-45)25(13-12-23(3)4)39-30(38(26)60-42-36(55)35(54)34(53)28(20-52)59-42)32-31-33(51-43(50-32)48-21-49-51)27-19-29-44(6,7)63-46(40(27)56,47(29,31)62-39)18-14-24(5)41(57)58-9/h11-12,14-15,17,21,27-29,31,33-36,42,52-55H,10,13,16,18-20H2,1-9H3/t27?,28-,29?,31?,33?,34-,35+,36-,42+,45?,46?,47?/m1/s1. The number of allylic oxidation sites excluding steroid dienone is 4. The van der Waals surface area contributed by atoms with Gasteiger partial charge in [0.15, 0.2) is 17.0 Å². The summed E-state index contributed by atoms with van der Waals surface area (Å²) in [6.07, 6.45) is 5.42. The molecule has 2 saturated heterocycles. The second-order valence-corrected chi connectivity index (χ2v) is 19.4. The average molecular weight is 871 g/mol. The number of aliphatic imine (C=N–C) groups is 1. The van der Waals surface area contributed by atoms with Crippen molar-refractivity contribution in [3.63, 3.8) is 0 Å². The largest absolute Gasteiger partial charge is 0.482 e. The van der Waals surface area contributed by atoms with Crippen LogP contribution in [0.25, 0.3) is 6.08 Å². The van der Waals surface area contributed by atoms with Crippen molar-refractivity contribution in [1.82, 2.24) is 14.8 Å². The highest BCUT2D eigenvalue weighted by atomic mass is 16.7. The van der Waals surface area contributed by atoms with Crippen LogP contribution < -0.4 is 14.2 Å². The van der Waals surface area contributed by atoms with E-state index < -0.39 is 83.6 Å². The monoisotopic (exact) mass is 870 g/mol. The van der Waals surface area contributed by atoms with Crippen molar-refractivity contribution in [3.8, 4) is 17.2 Å². The molecule has 0 amide bonds. The number of benzene rings is 1. The Kier molecular flexibility index (Phi) is 10.5. The van der Waals surface area contributed by atoms with Gasteiger partial charge in [0.2, 0.25) is 12.2 Å². The van der Waals surface area contributed by atoms with Gasteiger partial charge in [-0.2, -0.15) is 10.1 Å².